The van der Waals surface area contributed by atoms with Gasteiger partial charge in [-0.05, 0) is 42.7 Å². The number of carbonyl (C=O) groups excluding carboxylic acids is 2. The van der Waals surface area contributed by atoms with E-state index in [0.717, 1.165) is 11.1 Å². The van der Waals surface area contributed by atoms with Gasteiger partial charge in [-0.15, -0.1) is 0 Å². The fraction of sp³-hybridized carbons (Fsp3) is 0.448. The highest BCUT2D eigenvalue weighted by Crippen LogP contribution is 2.39. The van der Waals surface area contributed by atoms with Crippen LogP contribution in [-0.2, 0) is 35.0 Å². The van der Waals surface area contributed by atoms with Crippen LogP contribution in [0.5, 0.6) is 0 Å². The van der Waals surface area contributed by atoms with Crippen molar-refractivity contribution in [1.82, 2.24) is 5.32 Å². The number of ether oxygens (including phenoxy) is 5. The predicted octanol–water partition coefficient (Wildman–Crippen LogP) is 3.18. The standard InChI is InChI=1S/C29H37NO8/c1-3-37-29-24(13-15-35-17-18-36-16-14-31)25(22-9-11-23(12-10-22)28(33)34-2)19-26(38-29)27(32)30-20-21-7-5-4-6-8-21/h4-12,19,24-25,29,31H,3,13-18,20H2,1-2H3,(H,30,32). The van der Waals surface area contributed by atoms with Crippen LogP contribution < -0.4 is 5.32 Å². The van der Waals surface area contributed by atoms with Gasteiger partial charge < -0.3 is 34.1 Å². The second-order valence-electron chi connectivity index (χ2n) is 8.68. The SMILES string of the molecule is CCOC1OC(C(=O)NCc2ccccc2)=CC(c2ccc(C(=O)OC)cc2)C1CCOCCOCCO. The summed E-state index contributed by atoms with van der Waals surface area (Å²) in [6.07, 6.45) is 1.75. The Balaban J connectivity index is 1.79. The smallest absolute Gasteiger partial charge is 0.337 e. The first-order chi connectivity index (χ1) is 18.6. The van der Waals surface area contributed by atoms with E-state index in [2.05, 4.69) is 5.32 Å². The second-order valence-corrected chi connectivity index (χ2v) is 8.68. The number of methoxy groups -OCH3 is 1. The number of amides is 1. The van der Waals surface area contributed by atoms with Gasteiger partial charge in [0.25, 0.3) is 5.91 Å². The van der Waals surface area contributed by atoms with Crippen LogP contribution in [0.4, 0.5) is 0 Å². The van der Waals surface area contributed by atoms with Crippen LogP contribution in [0.2, 0.25) is 0 Å². The Morgan fingerprint density at radius 2 is 1.68 bits per heavy atom. The van der Waals surface area contributed by atoms with Crippen LogP contribution in [0, 0.1) is 5.92 Å². The summed E-state index contributed by atoms with van der Waals surface area (Å²) in [5.74, 6) is -0.927. The molecule has 1 heterocycles. The van der Waals surface area contributed by atoms with Gasteiger partial charge in [-0.2, -0.15) is 0 Å². The molecule has 0 saturated carbocycles. The molecule has 9 nitrogen and oxygen atoms in total. The largest absolute Gasteiger partial charge is 0.465 e. The molecular formula is C29H37NO8. The predicted molar refractivity (Wildman–Crippen MR) is 140 cm³/mol. The number of rotatable bonds is 15. The molecule has 1 amide bonds. The summed E-state index contributed by atoms with van der Waals surface area (Å²) < 4.78 is 27.8. The number of aliphatic hydroxyl groups excluding tert-OH is 1. The lowest BCUT2D eigenvalue weighted by Gasteiger charge is -2.37. The van der Waals surface area contributed by atoms with Crippen molar-refractivity contribution in [1.29, 1.82) is 0 Å². The lowest BCUT2D eigenvalue weighted by Crippen LogP contribution is -2.39. The lowest BCUT2D eigenvalue weighted by molar-refractivity contribution is -0.168. The van der Waals surface area contributed by atoms with Gasteiger partial charge >= 0.3 is 5.97 Å². The molecule has 0 aromatic heterocycles. The summed E-state index contributed by atoms with van der Waals surface area (Å²) in [6, 6.07) is 16.8. The number of aliphatic hydroxyl groups is 1. The molecule has 3 unspecified atom stereocenters. The topological polar surface area (TPSA) is 113 Å². The third-order valence-electron chi connectivity index (χ3n) is 6.16. The van der Waals surface area contributed by atoms with Crippen molar-refractivity contribution in [2.75, 3.05) is 46.8 Å². The van der Waals surface area contributed by atoms with E-state index in [9.17, 15) is 9.59 Å². The van der Waals surface area contributed by atoms with E-state index in [0.29, 0.717) is 45.0 Å². The summed E-state index contributed by atoms with van der Waals surface area (Å²) in [4.78, 5) is 25.0. The summed E-state index contributed by atoms with van der Waals surface area (Å²) in [6.45, 7) is 4.12. The number of esters is 1. The first-order valence-electron chi connectivity index (χ1n) is 12.8. The summed E-state index contributed by atoms with van der Waals surface area (Å²) in [7, 11) is 1.34. The van der Waals surface area contributed by atoms with E-state index < -0.39 is 12.3 Å². The van der Waals surface area contributed by atoms with Crippen molar-refractivity contribution in [2.45, 2.75) is 32.1 Å². The van der Waals surface area contributed by atoms with Gasteiger partial charge in [0, 0.05) is 31.6 Å². The Morgan fingerprint density at radius 3 is 2.34 bits per heavy atom. The van der Waals surface area contributed by atoms with Gasteiger partial charge in [-0.1, -0.05) is 42.5 Å². The molecule has 0 saturated heterocycles. The zero-order chi connectivity index (χ0) is 27.2. The summed E-state index contributed by atoms with van der Waals surface area (Å²) >= 11 is 0. The van der Waals surface area contributed by atoms with Crippen LogP contribution in [0.25, 0.3) is 0 Å². The minimum atomic E-state index is -0.665. The number of hydrogen-bond donors (Lipinski definition) is 2. The Kier molecular flexibility index (Phi) is 12.3. The first kappa shape index (κ1) is 29.3. The fourth-order valence-electron chi connectivity index (χ4n) is 4.25. The van der Waals surface area contributed by atoms with Gasteiger partial charge in [0.1, 0.15) is 0 Å². The van der Waals surface area contributed by atoms with E-state index in [1.807, 2.05) is 55.5 Å². The van der Waals surface area contributed by atoms with Crippen LogP contribution >= 0.6 is 0 Å². The highest BCUT2D eigenvalue weighted by atomic mass is 16.7. The molecular weight excluding hydrogens is 490 g/mol. The van der Waals surface area contributed by atoms with E-state index in [1.165, 1.54) is 7.11 Å². The number of benzene rings is 2. The Morgan fingerprint density at radius 1 is 0.974 bits per heavy atom. The summed E-state index contributed by atoms with van der Waals surface area (Å²) in [5, 5.41) is 11.7. The average molecular weight is 528 g/mol. The van der Waals surface area contributed by atoms with Gasteiger partial charge in [0.15, 0.2) is 5.76 Å². The van der Waals surface area contributed by atoms with E-state index in [4.69, 9.17) is 28.8 Å². The number of allylic oxidation sites excluding steroid dienone is 1. The Labute approximate surface area is 223 Å². The van der Waals surface area contributed by atoms with Crippen LogP contribution in [0.15, 0.2) is 66.4 Å². The van der Waals surface area contributed by atoms with Gasteiger partial charge in [0.2, 0.25) is 6.29 Å². The molecule has 3 rings (SSSR count). The third-order valence-corrected chi connectivity index (χ3v) is 6.16. The van der Waals surface area contributed by atoms with Crippen molar-refractivity contribution < 1.29 is 38.4 Å². The molecule has 2 aromatic carbocycles. The minimum Gasteiger partial charge on any atom is -0.465 e. The number of carbonyl (C=O) groups is 2. The fourth-order valence-corrected chi connectivity index (χ4v) is 4.25. The maximum absolute atomic E-state index is 13.1. The summed E-state index contributed by atoms with van der Waals surface area (Å²) in [5.41, 5.74) is 2.33. The molecule has 38 heavy (non-hydrogen) atoms. The first-order valence-corrected chi connectivity index (χ1v) is 12.8. The molecule has 0 aliphatic carbocycles. The average Bonchev–Trinajstić information content (AvgIpc) is 2.96. The molecule has 2 aromatic rings. The molecule has 9 heteroatoms. The molecule has 3 atom stereocenters. The maximum Gasteiger partial charge on any atom is 0.337 e. The molecule has 206 valence electrons. The Hall–Kier alpha value is -3.24. The molecule has 2 N–H and O–H groups in total. The Bertz CT molecular complexity index is 1020. The maximum atomic E-state index is 13.1. The zero-order valence-corrected chi connectivity index (χ0v) is 22.0. The second kappa shape index (κ2) is 15.9. The van der Waals surface area contributed by atoms with Crippen molar-refractivity contribution in [2.24, 2.45) is 5.92 Å². The van der Waals surface area contributed by atoms with Crippen molar-refractivity contribution in [3.05, 3.63) is 83.1 Å². The van der Waals surface area contributed by atoms with E-state index in [1.54, 1.807) is 12.1 Å². The molecule has 1 aliphatic rings. The quantitative estimate of drug-likeness (QED) is 0.268. The molecule has 1 aliphatic heterocycles. The van der Waals surface area contributed by atoms with Crippen molar-refractivity contribution in [3.63, 3.8) is 0 Å². The normalized spacial score (nSPS) is 18.8. The highest BCUT2D eigenvalue weighted by Gasteiger charge is 2.38. The molecule has 0 fully saturated rings. The highest BCUT2D eigenvalue weighted by molar-refractivity contribution is 5.92. The molecule has 0 bridgehead atoms. The molecule has 0 radical (unpaired) electrons. The van der Waals surface area contributed by atoms with Crippen molar-refractivity contribution >= 4 is 11.9 Å². The van der Waals surface area contributed by atoms with Crippen molar-refractivity contribution in [3.8, 4) is 0 Å². The van der Waals surface area contributed by atoms with E-state index in [-0.39, 0.29) is 36.7 Å². The zero-order valence-electron chi connectivity index (χ0n) is 22.0. The van der Waals surface area contributed by atoms with E-state index >= 15 is 0 Å². The molecule has 0 spiro atoms. The number of hydrogen-bond acceptors (Lipinski definition) is 8. The number of nitrogens with one attached hydrogen (secondary N) is 1. The monoisotopic (exact) mass is 527 g/mol. The van der Waals surface area contributed by atoms with Gasteiger partial charge in [-0.3, -0.25) is 4.79 Å². The van der Waals surface area contributed by atoms with Crippen LogP contribution in [0.1, 0.15) is 40.7 Å². The van der Waals surface area contributed by atoms with Gasteiger partial charge in [-0.25, -0.2) is 4.79 Å². The minimum absolute atomic E-state index is 0.0283. The van der Waals surface area contributed by atoms with Crippen LogP contribution in [0.3, 0.4) is 0 Å². The third kappa shape index (κ3) is 8.66. The lowest BCUT2D eigenvalue weighted by atomic mass is 9.81. The van der Waals surface area contributed by atoms with Crippen LogP contribution in [-0.4, -0.2) is 70.0 Å². The van der Waals surface area contributed by atoms with Gasteiger partial charge in [0.05, 0.1) is 39.1 Å².